The maximum Gasteiger partial charge on any atom is 0.416 e. The second-order valence-corrected chi connectivity index (χ2v) is 4.32. The van der Waals surface area contributed by atoms with E-state index in [4.69, 9.17) is 0 Å². The van der Waals surface area contributed by atoms with E-state index in [2.05, 4.69) is 10.2 Å². The summed E-state index contributed by atoms with van der Waals surface area (Å²) in [6, 6.07) is 5.60. The Bertz CT molecular complexity index is 390. The van der Waals surface area contributed by atoms with Crippen LogP contribution in [0.25, 0.3) is 0 Å². The van der Waals surface area contributed by atoms with Crippen LogP contribution in [0.4, 0.5) is 13.2 Å². The topological polar surface area (TPSA) is 15.3 Å². The second kappa shape index (κ2) is 4.66. The average molecular weight is 244 g/mol. The van der Waals surface area contributed by atoms with Gasteiger partial charge < -0.3 is 5.32 Å². The molecule has 0 bridgehead atoms. The molecule has 0 amide bonds. The third-order valence-corrected chi connectivity index (χ3v) is 3.11. The molecule has 0 aromatic heterocycles. The summed E-state index contributed by atoms with van der Waals surface area (Å²) >= 11 is 0. The molecule has 1 aromatic rings. The van der Waals surface area contributed by atoms with Gasteiger partial charge in [-0.3, -0.25) is 4.90 Å². The number of hydrogen-bond donors (Lipinski definition) is 1. The first kappa shape index (κ1) is 12.4. The van der Waals surface area contributed by atoms with E-state index in [0.29, 0.717) is 6.54 Å². The molecule has 0 aliphatic carbocycles. The van der Waals surface area contributed by atoms with E-state index in [1.807, 2.05) is 7.05 Å². The fourth-order valence-electron chi connectivity index (χ4n) is 2.10. The van der Waals surface area contributed by atoms with Gasteiger partial charge in [-0.25, -0.2) is 0 Å². The second-order valence-electron chi connectivity index (χ2n) is 4.32. The van der Waals surface area contributed by atoms with Crippen LogP contribution in [0, 0.1) is 0 Å². The number of piperazine rings is 1. The Hall–Kier alpha value is -1.07. The lowest BCUT2D eigenvalue weighted by atomic mass is 10.0. The van der Waals surface area contributed by atoms with Crippen molar-refractivity contribution in [1.29, 1.82) is 0 Å². The van der Waals surface area contributed by atoms with Crippen LogP contribution >= 0.6 is 0 Å². The van der Waals surface area contributed by atoms with Crippen LogP contribution in [0.3, 0.4) is 0 Å². The molecule has 1 unspecified atom stereocenters. The smallest absolute Gasteiger partial charge is 0.314 e. The van der Waals surface area contributed by atoms with Crippen molar-refractivity contribution in [2.45, 2.75) is 12.2 Å². The number of alkyl halides is 3. The number of benzene rings is 1. The highest BCUT2D eigenvalue weighted by Crippen LogP contribution is 2.31. The summed E-state index contributed by atoms with van der Waals surface area (Å²) in [5.74, 6) is 0. The first-order valence-electron chi connectivity index (χ1n) is 5.56. The van der Waals surface area contributed by atoms with Crippen LogP contribution in [0.5, 0.6) is 0 Å². The van der Waals surface area contributed by atoms with Crippen molar-refractivity contribution in [2.75, 3.05) is 26.7 Å². The molecule has 1 N–H and O–H groups in total. The van der Waals surface area contributed by atoms with Gasteiger partial charge in [-0.15, -0.1) is 0 Å². The van der Waals surface area contributed by atoms with E-state index in [0.717, 1.165) is 24.7 Å². The van der Waals surface area contributed by atoms with E-state index >= 15 is 0 Å². The summed E-state index contributed by atoms with van der Waals surface area (Å²) in [5.41, 5.74) is 0.142. The number of nitrogens with one attached hydrogen (secondary N) is 1. The van der Waals surface area contributed by atoms with Crippen LogP contribution in [0.2, 0.25) is 0 Å². The quantitative estimate of drug-likeness (QED) is 0.815. The Morgan fingerprint density at radius 2 is 2.12 bits per heavy atom. The predicted molar refractivity (Wildman–Crippen MR) is 59.7 cm³/mol. The molecule has 5 heteroatoms. The van der Waals surface area contributed by atoms with Gasteiger partial charge in [0.15, 0.2) is 0 Å². The van der Waals surface area contributed by atoms with Crippen LogP contribution in [0.15, 0.2) is 24.3 Å². The molecule has 1 aromatic carbocycles. The first-order chi connectivity index (χ1) is 7.98. The van der Waals surface area contributed by atoms with Crippen LogP contribution in [-0.4, -0.2) is 31.6 Å². The van der Waals surface area contributed by atoms with Crippen molar-refractivity contribution in [3.63, 3.8) is 0 Å². The first-order valence-corrected chi connectivity index (χ1v) is 5.56. The Kier molecular flexibility index (Phi) is 3.40. The lowest BCUT2D eigenvalue weighted by molar-refractivity contribution is -0.137. The van der Waals surface area contributed by atoms with Gasteiger partial charge in [0.25, 0.3) is 0 Å². The fraction of sp³-hybridized carbons (Fsp3) is 0.500. The fourth-order valence-corrected chi connectivity index (χ4v) is 2.10. The van der Waals surface area contributed by atoms with E-state index in [-0.39, 0.29) is 6.04 Å². The van der Waals surface area contributed by atoms with Gasteiger partial charge in [0.05, 0.1) is 5.56 Å². The van der Waals surface area contributed by atoms with Crippen molar-refractivity contribution >= 4 is 0 Å². The third kappa shape index (κ3) is 2.79. The van der Waals surface area contributed by atoms with E-state index in [9.17, 15) is 13.2 Å². The standard InChI is InChI=1S/C12H15F3N2/c1-17-6-5-16-8-11(17)9-3-2-4-10(7-9)12(13,14)15/h2-4,7,11,16H,5-6,8H2,1H3. The number of nitrogens with zero attached hydrogens (tertiary/aromatic N) is 1. The Morgan fingerprint density at radius 1 is 1.35 bits per heavy atom. The van der Waals surface area contributed by atoms with Crippen LogP contribution in [-0.2, 0) is 6.18 Å². The van der Waals surface area contributed by atoms with Gasteiger partial charge in [0, 0.05) is 25.7 Å². The molecular weight excluding hydrogens is 229 g/mol. The predicted octanol–water partition coefficient (Wildman–Crippen LogP) is 2.28. The maximum atomic E-state index is 12.6. The minimum Gasteiger partial charge on any atom is -0.314 e. The molecule has 1 aliphatic heterocycles. The Balaban J connectivity index is 2.26. The number of likely N-dealkylation sites (N-methyl/N-ethyl adjacent to an activating group) is 1. The zero-order valence-corrected chi connectivity index (χ0v) is 9.59. The van der Waals surface area contributed by atoms with Crippen molar-refractivity contribution in [3.8, 4) is 0 Å². The van der Waals surface area contributed by atoms with Gasteiger partial charge in [-0.05, 0) is 24.7 Å². The summed E-state index contributed by atoms with van der Waals surface area (Å²) in [6.45, 7) is 2.42. The van der Waals surface area contributed by atoms with Crippen molar-refractivity contribution < 1.29 is 13.2 Å². The Morgan fingerprint density at radius 3 is 2.76 bits per heavy atom. The average Bonchev–Trinajstić information content (AvgIpc) is 2.29. The van der Waals surface area contributed by atoms with Gasteiger partial charge in [-0.1, -0.05) is 12.1 Å². The van der Waals surface area contributed by atoms with Crippen LogP contribution < -0.4 is 5.32 Å². The highest BCUT2D eigenvalue weighted by Gasteiger charge is 2.31. The van der Waals surface area contributed by atoms with Crippen molar-refractivity contribution in [2.24, 2.45) is 0 Å². The summed E-state index contributed by atoms with van der Waals surface area (Å²) in [7, 11) is 1.94. The highest BCUT2D eigenvalue weighted by atomic mass is 19.4. The minimum absolute atomic E-state index is 0.0195. The van der Waals surface area contributed by atoms with E-state index in [1.165, 1.54) is 12.1 Å². The Labute approximate surface area is 98.4 Å². The number of rotatable bonds is 1. The molecule has 1 fully saturated rings. The molecule has 1 heterocycles. The summed E-state index contributed by atoms with van der Waals surface area (Å²) in [4.78, 5) is 2.08. The SMILES string of the molecule is CN1CCNCC1c1cccc(C(F)(F)F)c1. The third-order valence-electron chi connectivity index (χ3n) is 3.11. The molecule has 2 rings (SSSR count). The van der Waals surface area contributed by atoms with Crippen LogP contribution in [0.1, 0.15) is 17.2 Å². The van der Waals surface area contributed by atoms with Gasteiger partial charge in [0.2, 0.25) is 0 Å². The van der Waals surface area contributed by atoms with E-state index < -0.39 is 11.7 Å². The van der Waals surface area contributed by atoms with Gasteiger partial charge >= 0.3 is 6.18 Å². The lowest BCUT2D eigenvalue weighted by Gasteiger charge is -2.33. The zero-order valence-electron chi connectivity index (χ0n) is 9.59. The summed E-state index contributed by atoms with van der Waals surface area (Å²) in [5, 5.41) is 3.20. The molecule has 2 nitrogen and oxygen atoms in total. The molecule has 94 valence electrons. The van der Waals surface area contributed by atoms with E-state index in [1.54, 1.807) is 6.07 Å². The number of halogens is 3. The molecule has 1 atom stereocenters. The minimum atomic E-state index is -4.27. The van der Waals surface area contributed by atoms with Gasteiger partial charge in [-0.2, -0.15) is 13.2 Å². The molecule has 17 heavy (non-hydrogen) atoms. The largest absolute Gasteiger partial charge is 0.416 e. The molecule has 0 radical (unpaired) electrons. The molecule has 0 spiro atoms. The summed E-state index contributed by atoms with van der Waals surface area (Å²) < 4.78 is 37.8. The molecule has 0 saturated carbocycles. The molecule has 1 saturated heterocycles. The molecule has 1 aliphatic rings. The summed E-state index contributed by atoms with van der Waals surface area (Å²) in [6.07, 6.45) is -4.27. The number of hydrogen-bond acceptors (Lipinski definition) is 2. The normalized spacial score (nSPS) is 22.7. The molecular formula is C12H15F3N2. The highest BCUT2D eigenvalue weighted by molar-refractivity contribution is 5.28. The lowest BCUT2D eigenvalue weighted by Crippen LogP contribution is -2.43. The van der Waals surface area contributed by atoms with Gasteiger partial charge in [0.1, 0.15) is 0 Å². The zero-order chi connectivity index (χ0) is 12.5. The van der Waals surface area contributed by atoms with Crippen molar-refractivity contribution in [1.82, 2.24) is 10.2 Å². The van der Waals surface area contributed by atoms with Crippen molar-refractivity contribution in [3.05, 3.63) is 35.4 Å². The monoisotopic (exact) mass is 244 g/mol. The maximum absolute atomic E-state index is 12.6.